The van der Waals surface area contributed by atoms with Crippen molar-refractivity contribution >= 4 is 0 Å². The zero-order valence-corrected chi connectivity index (χ0v) is 12.7. The van der Waals surface area contributed by atoms with Crippen molar-refractivity contribution in [3.05, 3.63) is 5.82 Å². The summed E-state index contributed by atoms with van der Waals surface area (Å²) >= 11 is 0. The summed E-state index contributed by atoms with van der Waals surface area (Å²) in [5, 5.41) is 12.3. The van der Waals surface area contributed by atoms with E-state index < -0.39 is 0 Å². The van der Waals surface area contributed by atoms with Crippen LogP contribution in [0.15, 0.2) is 0 Å². The number of ether oxygens (including phenoxy) is 2. The maximum atomic E-state index is 5.42. The lowest BCUT2D eigenvalue weighted by Crippen LogP contribution is -2.19. The molecule has 3 rings (SSSR count). The summed E-state index contributed by atoms with van der Waals surface area (Å²) in [7, 11) is 0. The van der Waals surface area contributed by atoms with Gasteiger partial charge in [0.25, 0.3) is 0 Å². The molecule has 0 unspecified atom stereocenters. The number of hydrogen-bond acceptors (Lipinski definition) is 5. The van der Waals surface area contributed by atoms with Crippen molar-refractivity contribution in [3.63, 3.8) is 0 Å². The highest BCUT2D eigenvalue weighted by molar-refractivity contribution is 4.94. The second-order valence-electron chi connectivity index (χ2n) is 6.20. The predicted octanol–water partition coefficient (Wildman–Crippen LogP) is 2.16. The number of hydrogen-bond donors (Lipinski definition) is 0. The zero-order chi connectivity index (χ0) is 14.3. The molecule has 118 valence electrons. The minimum Gasteiger partial charge on any atom is -0.381 e. The molecule has 0 aromatic carbocycles. The van der Waals surface area contributed by atoms with Gasteiger partial charge in [-0.2, -0.15) is 0 Å². The van der Waals surface area contributed by atoms with E-state index in [1.54, 1.807) is 0 Å². The van der Waals surface area contributed by atoms with Gasteiger partial charge in [0.05, 0.1) is 0 Å². The van der Waals surface area contributed by atoms with Gasteiger partial charge in [0.1, 0.15) is 0 Å². The molecule has 6 nitrogen and oxygen atoms in total. The number of tetrazole rings is 1. The minimum atomic E-state index is 0.476. The molecule has 0 saturated carbocycles. The quantitative estimate of drug-likeness (QED) is 0.752. The van der Waals surface area contributed by atoms with E-state index >= 15 is 0 Å². The number of rotatable bonds is 6. The maximum Gasteiger partial charge on any atom is 0.154 e. The standard InChI is InChI=1S/C15H26N4O2/c1(3-13-4-9-20-10-5-13)2-8-19-15(16-17-18-19)14-6-11-21-12-7-14/h13-14H,1-12H2. The molecule has 6 heteroatoms. The average Bonchev–Trinajstić information content (AvgIpc) is 3.02. The molecule has 0 spiro atoms. The summed E-state index contributed by atoms with van der Waals surface area (Å²) in [5.74, 6) is 2.40. The van der Waals surface area contributed by atoms with E-state index in [1.165, 1.54) is 32.1 Å². The maximum absolute atomic E-state index is 5.42. The van der Waals surface area contributed by atoms with Crippen LogP contribution in [0, 0.1) is 5.92 Å². The molecule has 0 atom stereocenters. The van der Waals surface area contributed by atoms with Gasteiger partial charge in [0.2, 0.25) is 0 Å². The van der Waals surface area contributed by atoms with Crippen LogP contribution < -0.4 is 0 Å². The molecule has 2 aliphatic heterocycles. The Kier molecular flexibility index (Phi) is 5.57. The molecule has 2 saturated heterocycles. The van der Waals surface area contributed by atoms with Crippen molar-refractivity contribution in [3.8, 4) is 0 Å². The van der Waals surface area contributed by atoms with Crippen LogP contribution in [-0.2, 0) is 16.0 Å². The Balaban J connectivity index is 1.41. The van der Waals surface area contributed by atoms with Gasteiger partial charge in [-0.3, -0.25) is 0 Å². The second kappa shape index (κ2) is 7.84. The van der Waals surface area contributed by atoms with Gasteiger partial charge in [-0.1, -0.05) is 12.8 Å². The lowest BCUT2D eigenvalue weighted by Gasteiger charge is -2.22. The molecule has 1 aromatic heterocycles. The topological polar surface area (TPSA) is 62.1 Å². The van der Waals surface area contributed by atoms with Crippen LogP contribution in [0.4, 0.5) is 0 Å². The Bertz CT molecular complexity index is 412. The molecule has 0 N–H and O–H groups in total. The van der Waals surface area contributed by atoms with Gasteiger partial charge < -0.3 is 9.47 Å². The van der Waals surface area contributed by atoms with Crippen LogP contribution in [0.1, 0.15) is 56.7 Å². The molecule has 0 bridgehead atoms. The van der Waals surface area contributed by atoms with E-state index in [9.17, 15) is 0 Å². The van der Waals surface area contributed by atoms with Gasteiger partial charge in [-0.15, -0.1) is 5.10 Å². The van der Waals surface area contributed by atoms with E-state index in [0.717, 1.165) is 57.6 Å². The van der Waals surface area contributed by atoms with Crippen LogP contribution in [-0.4, -0.2) is 46.6 Å². The van der Waals surface area contributed by atoms with Crippen LogP contribution in [0.2, 0.25) is 0 Å². The summed E-state index contributed by atoms with van der Waals surface area (Å²) in [4.78, 5) is 0. The normalized spacial score (nSPS) is 21.7. The van der Waals surface area contributed by atoms with Crippen molar-refractivity contribution in [2.45, 2.75) is 57.4 Å². The Hall–Kier alpha value is -1.01. The molecule has 2 fully saturated rings. The summed E-state index contributed by atoms with van der Waals surface area (Å²) in [6.07, 6.45) is 8.30. The van der Waals surface area contributed by atoms with Gasteiger partial charge in [-0.05, 0) is 48.4 Å². The van der Waals surface area contributed by atoms with E-state index in [-0.39, 0.29) is 0 Å². The first-order valence-corrected chi connectivity index (χ1v) is 8.35. The molecular weight excluding hydrogens is 268 g/mol. The third kappa shape index (κ3) is 4.23. The Morgan fingerprint density at radius 3 is 2.43 bits per heavy atom. The van der Waals surface area contributed by atoms with E-state index in [1.807, 2.05) is 4.68 Å². The summed E-state index contributed by atoms with van der Waals surface area (Å²) in [5.41, 5.74) is 0. The highest BCUT2D eigenvalue weighted by Crippen LogP contribution is 2.25. The lowest BCUT2D eigenvalue weighted by atomic mass is 9.94. The molecule has 21 heavy (non-hydrogen) atoms. The summed E-state index contributed by atoms with van der Waals surface area (Å²) in [6.45, 7) is 4.52. The fraction of sp³-hybridized carbons (Fsp3) is 0.933. The fourth-order valence-electron chi connectivity index (χ4n) is 3.35. The van der Waals surface area contributed by atoms with Crippen LogP contribution in [0.5, 0.6) is 0 Å². The highest BCUT2D eigenvalue weighted by atomic mass is 16.5. The third-order valence-corrected chi connectivity index (χ3v) is 4.72. The smallest absolute Gasteiger partial charge is 0.154 e. The van der Waals surface area contributed by atoms with Crippen LogP contribution >= 0.6 is 0 Å². The summed E-state index contributed by atoms with van der Waals surface area (Å²) < 4.78 is 12.8. The van der Waals surface area contributed by atoms with E-state index in [2.05, 4.69) is 15.5 Å². The van der Waals surface area contributed by atoms with E-state index in [4.69, 9.17) is 9.47 Å². The van der Waals surface area contributed by atoms with E-state index in [0.29, 0.717) is 5.92 Å². The Morgan fingerprint density at radius 2 is 1.67 bits per heavy atom. The first-order chi connectivity index (χ1) is 10.4. The molecular formula is C15H26N4O2. The SMILES string of the molecule is C(CCn1nnnc1C1CCOCC1)CC1CCOCC1. The fourth-order valence-corrected chi connectivity index (χ4v) is 3.35. The molecule has 3 heterocycles. The Labute approximate surface area is 126 Å². The minimum absolute atomic E-state index is 0.476. The van der Waals surface area contributed by atoms with Crippen molar-refractivity contribution in [1.29, 1.82) is 0 Å². The van der Waals surface area contributed by atoms with Crippen molar-refractivity contribution in [1.82, 2.24) is 20.2 Å². The molecule has 0 radical (unpaired) electrons. The monoisotopic (exact) mass is 294 g/mol. The van der Waals surface area contributed by atoms with Gasteiger partial charge >= 0.3 is 0 Å². The zero-order valence-electron chi connectivity index (χ0n) is 12.7. The Morgan fingerprint density at radius 1 is 0.952 bits per heavy atom. The van der Waals surface area contributed by atoms with Crippen LogP contribution in [0.25, 0.3) is 0 Å². The second-order valence-corrected chi connectivity index (χ2v) is 6.20. The largest absolute Gasteiger partial charge is 0.381 e. The third-order valence-electron chi connectivity index (χ3n) is 4.72. The lowest BCUT2D eigenvalue weighted by molar-refractivity contribution is 0.0630. The first-order valence-electron chi connectivity index (χ1n) is 8.35. The average molecular weight is 294 g/mol. The van der Waals surface area contributed by atoms with Crippen molar-refractivity contribution < 1.29 is 9.47 Å². The van der Waals surface area contributed by atoms with Gasteiger partial charge in [0.15, 0.2) is 5.82 Å². The first kappa shape index (κ1) is 14.9. The van der Waals surface area contributed by atoms with Gasteiger partial charge in [-0.25, -0.2) is 4.68 Å². The number of nitrogens with zero attached hydrogens (tertiary/aromatic N) is 4. The summed E-state index contributed by atoms with van der Waals surface area (Å²) in [6, 6.07) is 0. The molecule has 0 amide bonds. The van der Waals surface area contributed by atoms with Crippen LogP contribution in [0.3, 0.4) is 0 Å². The highest BCUT2D eigenvalue weighted by Gasteiger charge is 2.22. The number of aryl methyl sites for hydroxylation is 1. The number of aromatic nitrogens is 4. The van der Waals surface area contributed by atoms with Crippen molar-refractivity contribution in [2.24, 2.45) is 5.92 Å². The number of unbranched alkanes of at least 4 members (excludes halogenated alkanes) is 1. The van der Waals surface area contributed by atoms with Gasteiger partial charge in [0, 0.05) is 38.9 Å². The molecule has 0 aliphatic carbocycles. The molecule has 2 aliphatic rings. The predicted molar refractivity (Wildman–Crippen MR) is 78.0 cm³/mol. The molecule has 1 aromatic rings. The van der Waals surface area contributed by atoms with Crippen molar-refractivity contribution in [2.75, 3.05) is 26.4 Å².